The second-order valence-electron chi connectivity index (χ2n) is 12.6. The number of para-hydroxylation sites is 2. The summed E-state index contributed by atoms with van der Waals surface area (Å²) in [6, 6.07) is 17.9. The number of amides is 3. The fraction of sp³-hybridized carbons (Fsp3) is 0.400. The van der Waals surface area contributed by atoms with Crippen molar-refractivity contribution >= 4 is 23.6 Å². The Bertz CT molecular complexity index is 1460. The van der Waals surface area contributed by atoms with Crippen molar-refractivity contribution in [3.8, 4) is 5.75 Å². The van der Waals surface area contributed by atoms with Crippen molar-refractivity contribution in [1.29, 1.82) is 0 Å². The molecule has 3 aromatic rings. The van der Waals surface area contributed by atoms with Crippen LogP contribution in [0.3, 0.4) is 0 Å². The van der Waals surface area contributed by atoms with Gasteiger partial charge in [-0.25, -0.2) is 4.79 Å². The predicted octanol–water partition coefficient (Wildman–Crippen LogP) is 6.37. The molecule has 228 valence electrons. The average Bonchev–Trinajstić information content (AvgIpc) is 3.65. The number of hydrogen-bond donors (Lipinski definition) is 3. The standard InChI is InChI=1S/C35H43N3O5/c1-21-13-11-14-22(2)29(21)37-32(40)30(26-18-12-15-23(3)31(26)39)38(28-19-24(28)4)33(41)27(20-25-16-9-8-10-17-25)36-34(42)43-35(5,6)7/h8-18,24,27-28,30,39H,19-20H2,1-7H3,(H,36,42)(H,37,40). The number of alkyl carbamates (subject to hydrolysis) is 1. The Morgan fingerprint density at radius 2 is 1.51 bits per heavy atom. The van der Waals surface area contributed by atoms with Crippen molar-refractivity contribution in [2.45, 2.75) is 85.0 Å². The van der Waals surface area contributed by atoms with Gasteiger partial charge < -0.3 is 25.4 Å². The fourth-order valence-electron chi connectivity index (χ4n) is 5.37. The second kappa shape index (κ2) is 12.9. The highest BCUT2D eigenvalue weighted by Crippen LogP contribution is 2.43. The lowest BCUT2D eigenvalue weighted by Gasteiger charge is -2.35. The van der Waals surface area contributed by atoms with E-state index in [0.29, 0.717) is 23.2 Å². The summed E-state index contributed by atoms with van der Waals surface area (Å²) >= 11 is 0. The maximum absolute atomic E-state index is 14.7. The molecule has 0 aliphatic heterocycles. The van der Waals surface area contributed by atoms with Crippen LogP contribution in [0.5, 0.6) is 5.75 Å². The summed E-state index contributed by atoms with van der Waals surface area (Å²) in [5, 5.41) is 17.1. The molecule has 0 spiro atoms. The first kappa shape index (κ1) is 31.6. The lowest BCUT2D eigenvalue weighted by Crippen LogP contribution is -2.54. The zero-order valence-corrected chi connectivity index (χ0v) is 26.1. The Labute approximate surface area is 254 Å². The van der Waals surface area contributed by atoms with Crippen LogP contribution in [0.1, 0.15) is 68.0 Å². The summed E-state index contributed by atoms with van der Waals surface area (Å²) in [5.74, 6) is -0.784. The Kier molecular flexibility index (Phi) is 9.48. The SMILES string of the molecule is Cc1cccc(C(C(=O)Nc2c(C)cccc2C)N(C(=O)C(Cc2ccccc2)NC(=O)OC(C)(C)C)C2CC2C)c1O. The first-order valence-electron chi connectivity index (χ1n) is 14.8. The lowest BCUT2D eigenvalue weighted by molar-refractivity contribution is -0.141. The molecule has 1 aliphatic carbocycles. The van der Waals surface area contributed by atoms with E-state index < -0.39 is 35.6 Å². The number of carbonyl (C=O) groups is 3. The van der Waals surface area contributed by atoms with Crippen LogP contribution in [0, 0.1) is 26.7 Å². The number of benzene rings is 3. The zero-order chi connectivity index (χ0) is 31.5. The molecule has 0 heterocycles. The number of hydrogen-bond acceptors (Lipinski definition) is 5. The van der Waals surface area contributed by atoms with E-state index in [-0.39, 0.29) is 24.1 Å². The number of anilines is 1. The van der Waals surface area contributed by atoms with Crippen LogP contribution in [0.15, 0.2) is 66.7 Å². The summed E-state index contributed by atoms with van der Waals surface area (Å²) in [4.78, 5) is 43.6. The molecule has 1 fully saturated rings. The van der Waals surface area contributed by atoms with Crippen molar-refractivity contribution in [3.05, 3.63) is 94.5 Å². The van der Waals surface area contributed by atoms with Gasteiger partial charge in [0.15, 0.2) is 0 Å². The molecule has 3 N–H and O–H groups in total. The number of phenolic OH excluding ortho intramolecular Hbond substituents is 1. The topological polar surface area (TPSA) is 108 Å². The number of carbonyl (C=O) groups excluding carboxylic acids is 3. The number of nitrogens with zero attached hydrogens (tertiary/aromatic N) is 1. The van der Waals surface area contributed by atoms with Crippen molar-refractivity contribution in [2.75, 3.05) is 5.32 Å². The minimum Gasteiger partial charge on any atom is -0.507 e. The summed E-state index contributed by atoms with van der Waals surface area (Å²) in [6.07, 6.45) is 0.165. The van der Waals surface area contributed by atoms with Gasteiger partial charge in [0.05, 0.1) is 0 Å². The Morgan fingerprint density at radius 1 is 0.930 bits per heavy atom. The van der Waals surface area contributed by atoms with E-state index in [1.807, 2.05) is 69.3 Å². The normalized spacial score (nSPS) is 17.4. The number of phenols is 1. The fourth-order valence-corrected chi connectivity index (χ4v) is 5.37. The molecule has 1 saturated carbocycles. The van der Waals surface area contributed by atoms with Gasteiger partial charge >= 0.3 is 6.09 Å². The number of ether oxygens (including phenoxy) is 1. The average molecular weight is 586 g/mol. The molecule has 8 nitrogen and oxygen atoms in total. The number of nitrogens with one attached hydrogen (secondary N) is 2. The van der Waals surface area contributed by atoms with E-state index >= 15 is 0 Å². The Hall–Kier alpha value is -4.33. The van der Waals surface area contributed by atoms with Gasteiger partial charge in [0, 0.05) is 23.7 Å². The van der Waals surface area contributed by atoms with Crippen LogP contribution >= 0.6 is 0 Å². The number of rotatable bonds is 9. The van der Waals surface area contributed by atoms with Crippen LogP contribution in [-0.4, -0.2) is 45.6 Å². The Morgan fingerprint density at radius 3 is 2.09 bits per heavy atom. The van der Waals surface area contributed by atoms with Crippen molar-refractivity contribution in [1.82, 2.24) is 10.2 Å². The van der Waals surface area contributed by atoms with Gasteiger partial charge in [-0.1, -0.05) is 73.7 Å². The number of aromatic hydroxyl groups is 1. The first-order valence-corrected chi connectivity index (χ1v) is 14.8. The summed E-state index contributed by atoms with van der Waals surface area (Å²) in [7, 11) is 0. The van der Waals surface area contributed by atoms with Crippen molar-refractivity contribution < 1.29 is 24.2 Å². The molecule has 4 atom stereocenters. The third-order valence-corrected chi connectivity index (χ3v) is 7.77. The lowest BCUT2D eigenvalue weighted by atomic mass is 9.97. The molecule has 0 aromatic heterocycles. The van der Waals surface area contributed by atoms with Crippen LogP contribution in [0.4, 0.5) is 10.5 Å². The molecule has 0 bridgehead atoms. The molecular weight excluding hydrogens is 542 g/mol. The molecule has 4 unspecified atom stereocenters. The molecule has 8 heteroatoms. The summed E-state index contributed by atoms with van der Waals surface area (Å²) in [6.45, 7) is 12.9. The quantitative estimate of drug-likeness (QED) is 0.271. The zero-order valence-electron chi connectivity index (χ0n) is 26.1. The van der Waals surface area contributed by atoms with Crippen molar-refractivity contribution in [3.63, 3.8) is 0 Å². The minimum atomic E-state index is -1.15. The third-order valence-electron chi connectivity index (χ3n) is 7.77. The van der Waals surface area contributed by atoms with Gasteiger partial charge in [0.25, 0.3) is 5.91 Å². The maximum atomic E-state index is 14.7. The molecule has 1 aliphatic rings. The monoisotopic (exact) mass is 585 g/mol. The van der Waals surface area contributed by atoms with Gasteiger partial charge in [0.1, 0.15) is 23.4 Å². The van der Waals surface area contributed by atoms with Crippen LogP contribution in [-0.2, 0) is 20.7 Å². The molecule has 0 saturated heterocycles. The van der Waals surface area contributed by atoms with E-state index in [4.69, 9.17) is 4.74 Å². The van der Waals surface area contributed by atoms with Gasteiger partial charge in [-0.05, 0) is 76.1 Å². The van der Waals surface area contributed by atoms with Gasteiger partial charge in [-0.15, -0.1) is 0 Å². The van der Waals surface area contributed by atoms with E-state index in [9.17, 15) is 19.5 Å². The minimum absolute atomic E-state index is 0.0463. The van der Waals surface area contributed by atoms with Gasteiger partial charge in [-0.3, -0.25) is 9.59 Å². The van der Waals surface area contributed by atoms with E-state index in [1.54, 1.807) is 50.8 Å². The van der Waals surface area contributed by atoms with Crippen LogP contribution in [0.25, 0.3) is 0 Å². The summed E-state index contributed by atoms with van der Waals surface area (Å²) < 4.78 is 5.53. The highest BCUT2D eigenvalue weighted by molar-refractivity contribution is 6.00. The number of aryl methyl sites for hydroxylation is 3. The Balaban J connectivity index is 1.80. The van der Waals surface area contributed by atoms with Crippen LogP contribution in [0.2, 0.25) is 0 Å². The largest absolute Gasteiger partial charge is 0.507 e. The van der Waals surface area contributed by atoms with Gasteiger partial charge in [0.2, 0.25) is 5.91 Å². The summed E-state index contributed by atoms with van der Waals surface area (Å²) in [5.41, 5.74) is 3.41. The highest BCUT2D eigenvalue weighted by atomic mass is 16.6. The van der Waals surface area contributed by atoms with Gasteiger partial charge in [-0.2, -0.15) is 0 Å². The van der Waals surface area contributed by atoms with E-state index in [1.165, 1.54) is 0 Å². The smallest absolute Gasteiger partial charge is 0.408 e. The third kappa shape index (κ3) is 7.74. The van der Waals surface area contributed by atoms with E-state index in [0.717, 1.165) is 16.7 Å². The molecular formula is C35H43N3O5. The molecule has 43 heavy (non-hydrogen) atoms. The van der Waals surface area contributed by atoms with Crippen LogP contribution < -0.4 is 10.6 Å². The first-order chi connectivity index (χ1) is 20.3. The van der Waals surface area contributed by atoms with E-state index in [2.05, 4.69) is 10.6 Å². The second-order valence-corrected chi connectivity index (χ2v) is 12.6. The molecule has 0 radical (unpaired) electrons. The highest BCUT2D eigenvalue weighted by Gasteiger charge is 2.49. The molecule has 3 aromatic carbocycles. The predicted molar refractivity (Wildman–Crippen MR) is 168 cm³/mol. The van der Waals surface area contributed by atoms with Crippen molar-refractivity contribution in [2.24, 2.45) is 5.92 Å². The molecule has 4 rings (SSSR count). The molecule has 3 amide bonds. The maximum Gasteiger partial charge on any atom is 0.408 e.